The third-order valence-electron chi connectivity index (χ3n) is 6.49. The smallest absolute Gasteiger partial charge is 0.240 e. The van der Waals surface area contributed by atoms with E-state index in [0.717, 1.165) is 0 Å². The molecule has 218 valence electrons. The fourth-order valence-corrected chi connectivity index (χ4v) is 9.33. The molecular weight excluding hydrogens is 646 g/mol. The molecule has 0 bridgehead atoms. The first-order valence-corrected chi connectivity index (χ1v) is 17.3. The topological polar surface area (TPSA) is 133 Å². The number of carbonyl (C=O) groups excluding carboxylic acids is 2. The van der Waals surface area contributed by atoms with Crippen LogP contribution in [0.2, 0.25) is 20.1 Å². The van der Waals surface area contributed by atoms with Crippen molar-refractivity contribution in [3.63, 3.8) is 0 Å². The quantitative estimate of drug-likeness (QED) is 0.385. The Kier molecular flexibility index (Phi) is 9.94. The third kappa shape index (κ3) is 8.68. The number of sulfone groups is 2. The number of nitrogens with zero attached hydrogens (tertiary/aromatic N) is 2. The molecule has 16 heteroatoms. The SMILES string of the molecule is O=C(CN(C1CCS(=O)(=O)C1)N(CC(=O)Nc1cc(Cl)cc(Cl)c1)C1CCS(=O)(=O)C1)Nc1cc(Cl)cc(Cl)c1. The molecular formula is C24H26Cl4N4O6S2. The number of amides is 2. The Labute approximate surface area is 252 Å². The van der Waals surface area contributed by atoms with Gasteiger partial charge >= 0.3 is 0 Å². The summed E-state index contributed by atoms with van der Waals surface area (Å²) in [6, 6.07) is 7.69. The van der Waals surface area contributed by atoms with Gasteiger partial charge in [0.2, 0.25) is 11.8 Å². The van der Waals surface area contributed by atoms with Crippen molar-refractivity contribution >= 4 is 89.3 Å². The maximum Gasteiger partial charge on any atom is 0.240 e. The van der Waals surface area contributed by atoms with Gasteiger partial charge in [-0.15, -0.1) is 0 Å². The van der Waals surface area contributed by atoms with E-state index in [0.29, 0.717) is 31.5 Å². The van der Waals surface area contributed by atoms with Crippen LogP contribution < -0.4 is 10.6 Å². The van der Waals surface area contributed by atoms with Crippen molar-refractivity contribution in [2.24, 2.45) is 0 Å². The maximum atomic E-state index is 13.2. The second kappa shape index (κ2) is 12.7. The van der Waals surface area contributed by atoms with E-state index >= 15 is 0 Å². The molecule has 2 aliphatic rings. The van der Waals surface area contributed by atoms with Crippen LogP contribution in [0.3, 0.4) is 0 Å². The Morgan fingerprint density at radius 3 is 1.25 bits per heavy atom. The minimum Gasteiger partial charge on any atom is -0.325 e. The molecule has 0 saturated carbocycles. The van der Waals surface area contributed by atoms with E-state index in [1.165, 1.54) is 46.4 Å². The highest BCUT2D eigenvalue weighted by Crippen LogP contribution is 2.27. The number of benzene rings is 2. The highest BCUT2D eigenvalue weighted by Gasteiger charge is 2.42. The van der Waals surface area contributed by atoms with Crippen LogP contribution in [0.25, 0.3) is 0 Å². The average molecular weight is 672 g/mol. The summed E-state index contributed by atoms with van der Waals surface area (Å²) in [5.74, 6) is -1.74. The zero-order chi connectivity index (χ0) is 29.2. The zero-order valence-corrected chi connectivity index (χ0v) is 25.6. The Morgan fingerprint density at radius 1 is 0.650 bits per heavy atom. The molecule has 2 fully saturated rings. The van der Waals surface area contributed by atoms with E-state index in [4.69, 9.17) is 46.4 Å². The van der Waals surface area contributed by atoms with Crippen molar-refractivity contribution in [3.05, 3.63) is 56.5 Å². The molecule has 2 saturated heterocycles. The lowest BCUT2D eigenvalue weighted by molar-refractivity contribution is -0.137. The largest absolute Gasteiger partial charge is 0.325 e. The highest BCUT2D eigenvalue weighted by molar-refractivity contribution is 7.91. The lowest BCUT2D eigenvalue weighted by Crippen LogP contribution is -2.58. The molecule has 2 aromatic rings. The molecule has 2 aliphatic heterocycles. The molecule has 2 amide bonds. The summed E-state index contributed by atoms with van der Waals surface area (Å²) in [7, 11) is -6.79. The fraction of sp³-hybridized carbons (Fsp3) is 0.417. The fourth-order valence-electron chi connectivity index (χ4n) is 4.83. The second-order valence-corrected chi connectivity index (χ2v) is 15.9. The van der Waals surface area contributed by atoms with Crippen molar-refractivity contribution < 1.29 is 26.4 Å². The van der Waals surface area contributed by atoms with Crippen LogP contribution in [0.15, 0.2) is 36.4 Å². The summed E-state index contributed by atoms with van der Waals surface area (Å²) in [4.78, 5) is 26.4. The van der Waals surface area contributed by atoms with Crippen molar-refractivity contribution in [3.8, 4) is 0 Å². The van der Waals surface area contributed by atoms with Gasteiger partial charge in [-0.3, -0.25) is 9.59 Å². The first kappa shape index (κ1) is 31.3. The molecule has 0 aliphatic carbocycles. The van der Waals surface area contributed by atoms with Crippen LogP contribution in [0.1, 0.15) is 12.8 Å². The predicted molar refractivity (Wildman–Crippen MR) is 158 cm³/mol. The molecule has 2 N–H and O–H groups in total. The summed E-state index contributed by atoms with van der Waals surface area (Å²) >= 11 is 24.2. The van der Waals surface area contributed by atoms with Gasteiger partial charge in [0.1, 0.15) is 0 Å². The third-order valence-corrected chi connectivity index (χ3v) is 10.9. The highest BCUT2D eigenvalue weighted by atomic mass is 35.5. The summed E-state index contributed by atoms with van der Waals surface area (Å²) in [6.07, 6.45) is 0.417. The molecule has 10 nitrogen and oxygen atoms in total. The number of anilines is 2. The number of halogens is 4. The van der Waals surface area contributed by atoms with Crippen LogP contribution >= 0.6 is 46.4 Å². The first-order valence-electron chi connectivity index (χ1n) is 12.1. The van der Waals surface area contributed by atoms with Gasteiger partial charge < -0.3 is 10.6 Å². The summed E-state index contributed by atoms with van der Waals surface area (Å²) < 4.78 is 49.6. The van der Waals surface area contributed by atoms with Gasteiger partial charge in [-0.2, -0.15) is 0 Å². The predicted octanol–water partition coefficient (Wildman–Crippen LogP) is 3.77. The number of nitrogens with one attached hydrogen (secondary N) is 2. The molecule has 2 heterocycles. The molecule has 2 unspecified atom stereocenters. The molecule has 0 spiro atoms. The van der Waals surface area contributed by atoms with E-state index in [2.05, 4.69) is 10.6 Å². The maximum absolute atomic E-state index is 13.2. The standard InChI is InChI=1S/C24H26Cl4N4O6S2/c25-15-5-16(26)8-19(7-15)29-23(33)11-31(21-1-3-39(35,36)13-21)32(22-2-4-40(37,38)14-22)12-24(34)30-20-9-17(27)6-18(28)10-20/h5-10,21-22H,1-4,11-14H2,(H,29,33)(H,30,34). The van der Waals surface area contributed by atoms with Crippen LogP contribution in [-0.4, -0.2) is 86.9 Å². The summed E-state index contributed by atoms with van der Waals surface area (Å²) in [5.41, 5.74) is 0.652. The number of hydrogen-bond acceptors (Lipinski definition) is 8. The second-order valence-electron chi connectivity index (χ2n) is 9.72. The Hall–Kier alpha value is -1.64. The summed E-state index contributed by atoms with van der Waals surface area (Å²) in [6.45, 7) is -0.700. The van der Waals surface area contributed by atoms with Crippen LogP contribution in [0.5, 0.6) is 0 Å². The lowest BCUT2D eigenvalue weighted by atomic mass is 10.2. The lowest BCUT2D eigenvalue weighted by Gasteiger charge is -2.41. The van der Waals surface area contributed by atoms with Gasteiger partial charge in [0.25, 0.3) is 0 Å². The van der Waals surface area contributed by atoms with E-state index in [9.17, 15) is 26.4 Å². The number of hydrazine groups is 1. The molecule has 4 rings (SSSR count). The molecule has 0 aromatic heterocycles. The Balaban J connectivity index is 1.62. The first-order chi connectivity index (χ1) is 18.7. The Morgan fingerprint density at radius 2 is 0.975 bits per heavy atom. The molecule has 2 aromatic carbocycles. The van der Waals surface area contributed by atoms with Gasteiger partial charge in [0.15, 0.2) is 19.7 Å². The summed E-state index contributed by atoms with van der Waals surface area (Å²) in [5, 5.41) is 9.60. The molecule has 2 atom stereocenters. The minimum absolute atomic E-state index is 0.0935. The van der Waals surface area contributed by atoms with Crippen molar-refractivity contribution in [1.82, 2.24) is 10.0 Å². The van der Waals surface area contributed by atoms with E-state index in [-0.39, 0.29) is 48.9 Å². The monoisotopic (exact) mass is 670 g/mol. The van der Waals surface area contributed by atoms with Gasteiger partial charge in [0, 0.05) is 43.5 Å². The van der Waals surface area contributed by atoms with Crippen LogP contribution in [0, 0.1) is 0 Å². The average Bonchev–Trinajstić information content (AvgIpc) is 3.35. The number of carbonyl (C=O) groups is 2. The van der Waals surface area contributed by atoms with Crippen LogP contribution in [-0.2, 0) is 29.3 Å². The zero-order valence-electron chi connectivity index (χ0n) is 20.9. The molecule has 40 heavy (non-hydrogen) atoms. The van der Waals surface area contributed by atoms with Crippen molar-refractivity contribution in [1.29, 1.82) is 0 Å². The van der Waals surface area contributed by atoms with Crippen molar-refractivity contribution in [2.45, 2.75) is 24.9 Å². The van der Waals surface area contributed by atoms with Gasteiger partial charge in [-0.05, 0) is 49.2 Å². The van der Waals surface area contributed by atoms with Gasteiger partial charge in [-0.25, -0.2) is 26.9 Å². The van der Waals surface area contributed by atoms with E-state index < -0.39 is 43.6 Å². The van der Waals surface area contributed by atoms with Gasteiger partial charge in [0.05, 0.1) is 36.1 Å². The van der Waals surface area contributed by atoms with Crippen molar-refractivity contribution in [2.75, 3.05) is 46.7 Å². The van der Waals surface area contributed by atoms with Gasteiger partial charge in [-0.1, -0.05) is 46.4 Å². The minimum atomic E-state index is -3.40. The van der Waals surface area contributed by atoms with E-state index in [1.807, 2.05) is 0 Å². The number of hydrogen-bond donors (Lipinski definition) is 2. The van der Waals surface area contributed by atoms with E-state index in [1.54, 1.807) is 0 Å². The Bertz CT molecular complexity index is 1370. The number of rotatable bonds is 9. The normalized spacial score (nSPS) is 21.6. The van der Waals surface area contributed by atoms with Crippen LogP contribution in [0.4, 0.5) is 11.4 Å². The molecule has 0 radical (unpaired) electrons.